The standard InChI is InChI=1S/C19H13ClN2OS2/c1-11-15(12-7-9-13(20)10-8-12)16-17(25-11)21-19(24)22(18(16)23)14-5-3-2-4-6-14/h2-10H,1H3,(H,21,24). The zero-order chi connectivity index (χ0) is 17.6. The van der Waals surface area contributed by atoms with E-state index in [9.17, 15) is 4.79 Å². The van der Waals surface area contributed by atoms with E-state index in [1.165, 1.54) is 0 Å². The molecular formula is C19H13ClN2OS2. The normalized spacial score (nSPS) is 11.1. The molecule has 25 heavy (non-hydrogen) atoms. The fourth-order valence-corrected chi connectivity index (χ4v) is 4.52. The first-order chi connectivity index (χ1) is 12.1. The van der Waals surface area contributed by atoms with E-state index in [0.717, 1.165) is 26.5 Å². The van der Waals surface area contributed by atoms with E-state index < -0.39 is 0 Å². The van der Waals surface area contributed by atoms with Gasteiger partial charge >= 0.3 is 0 Å². The maximum absolute atomic E-state index is 13.3. The third-order valence-corrected chi connectivity index (χ3v) is 5.63. The molecule has 0 fully saturated rings. The minimum absolute atomic E-state index is 0.112. The van der Waals surface area contributed by atoms with Crippen LogP contribution in [0.3, 0.4) is 0 Å². The number of hydrogen-bond acceptors (Lipinski definition) is 3. The SMILES string of the molecule is Cc1sc2[nH]c(=S)n(-c3ccccc3)c(=O)c2c1-c1ccc(Cl)cc1. The summed E-state index contributed by atoms with van der Waals surface area (Å²) >= 11 is 13.0. The van der Waals surface area contributed by atoms with Gasteiger partial charge in [-0.2, -0.15) is 0 Å². The van der Waals surface area contributed by atoms with Gasteiger partial charge in [0.1, 0.15) is 4.83 Å². The monoisotopic (exact) mass is 384 g/mol. The van der Waals surface area contributed by atoms with E-state index in [1.54, 1.807) is 15.9 Å². The number of nitrogens with zero attached hydrogens (tertiary/aromatic N) is 1. The van der Waals surface area contributed by atoms with Crippen molar-refractivity contribution in [2.75, 3.05) is 0 Å². The summed E-state index contributed by atoms with van der Waals surface area (Å²) in [7, 11) is 0. The van der Waals surface area contributed by atoms with Crippen LogP contribution in [0.2, 0.25) is 5.02 Å². The molecule has 124 valence electrons. The van der Waals surface area contributed by atoms with Crippen LogP contribution in [0, 0.1) is 11.7 Å². The molecule has 0 unspecified atom stereocenters. The van der Waals surface area contributed by atoms with Crippen LogP contribution in [-0.2, 0) is 0 Å². The molecule has 4 aromatic rings. The number of thiophene rings is 1. The molecule has 2 aromatic carbocycles. The van der Waals surface area contributed by atoms with E-state index in [4.69, 9.17) is 23.8 Å². The number of benzene rings is 2. The Labute approximate surface area is 158 Å². The first-order valence-corrected chi connectivity index (χ1v) is 9.26. The van der Waals surface area contributed by atoms with E-state index >= 15 is 0 Å². The second-order valence-corrected chi connectivity index (χ2v) is 7.70. The number of para-hydroxylation sites is 1. The van der Waals surface area contributed by atoms with Crippen molar-refractivity contribution in [3.8, 4) is 16.8 Å². The van der Waals surface area contributed by atoms with Crippen LogP contribution >= 0.6 is 35.2 Å². The third kappa shape index (κ3) is 2.74. The van der Waals surface area contributed by atoms with Gasteiger partial charge in [-0.3, -0.25) is 9.36 Å². The zero-order valence-electron chi connectivity index (χ0n) is 13.2. The molecule has 0 radical (unpaired) electrons. The van der Waals surface area contributed by atoms with Gasteiger partial charge in [0, 0.05) is 15.5 Å². The Bertz CT molecular complexity index is 1190. The van der Waals surface area contributed by atoms with Crippen molar-refractivity contribution < 1.29 is 0 Å². The smallest absolute Gasteiger partial charge is 0.268 e. The molecular weight excluding hydrogens is 372 g/mol. The highest BCUT2D eigenvalue weighted by Gasteiger charge is 2.17. The molecule has 0 bridgehead atoms. The quantitative estimate of drug-likeness (QED) is 0.447. The van der Waals surface area contributed by atoms with E-state index in [-0.39, 0.29) is 5.56 Å². The summed E-state index contributed by atoms with van der Waals surface area (Å²) < 4.78 is 1.94. The lowest BCUT2D eigenvalue weighted by Gasteiger charge is -2.07. The van der Waals surface area contributed by atoms with Gasteiger partial charge in [0.2, 0.25) is 0 Å². The van der Waals surface area contributed by atoms with Crippen molar-refractivity contribution >= 4 is 45.4 Å². The van der Waals surface area contributed by atoms with Crippen LogP contribution in [0.15, 0.2) is 59.4 Å². The zero-order valence-corrected chi connectivity index (χ0v) is 15.6. The van der Waals surface area contributed by atoms with Gasteiger partial charge in [-0.25, -0.2) is 0 Å². The van der Waals surface area contributed by atoms with E-state index in [1.807, 2.05) is 61.5 Å². The van der Waals surface area contributed by atoms with Crippen LogP contribution in [-0.4, -0.2) is 9.55 Å². The number of aryl methyl sites for hydroxylation is 1. The molecule has 0 saturated heterocycles. The fraction of sp³-hybridized carbons (Fsp3) is 0.0526. The second-order valence-electron chi connectivity index (χ2n) is 5.65. The molecule has 0 aliphatic carbocycles. The first kappa shape index (κ1) is 16.3. The Morgan fingerprint density at radius 2 is 1.76 bits per heavy atom. The average molecular weight is 385 g/mol. The number of aromatic amines is 1. The number of H-pyrrole nitrogens is 1. The second kappa shape index (κ2) is 6.26. The third-order valence-electron chi connectivity index (χ3n) is 4.07. The summed E-state index contributed by atoms with van der Waals surface area (Å²) in [6.45, 7) is 2.01. The van der Waals surface area contributed by atoms with Crippen molar-refractivity contribution in [1.29, 1.82) is 0 Å². The van der Waals surface area contributed by atoms with Gasteiger partial charge in [-0.05, 0) is 49.0 Å². The number of hydrogen-bond donors (Lipinski definition) is 1. The Kier molecular flexibility index (Phi) is 4.07. The molecule has 2 aromatic heterocycles. The summed E-state index contributed by atoms with van der Waals surface area (Å²) in [6.07, 6.45) is 0. The Balaban J connectivity index is 2.09. The van der Waals surface area contributed by atoms with Crippen LogP contribution in [0.25, 0.3) is 27.0 Å². The number of halogens is 1. The Morgan fingerprint density at radius 1 is 1.08 bits per heavy atom. The van der Waals surface area contributed by atoms with Crippen molar-refractivity contribution in [1.82, 2.24) is 9.55 Å². The number of rotatable bonds is 2. The minimum atomic E-state index is -0.112. The molecule has 1 N–H and O–H groups in total. The summed E-state index contributed by atoms with van der Waals surface area (Å²) in [5, 5.41) is 1.32. The van der Waals surface area contributed by atoms with Crippen molar-refractivity contribution in [3.05, 3.63) is 79.6 Å². The molecule has 0 aliphatic heterocycles. The molecule has 0 atom stereocenters. The predicted molar refractivity (Wildman–Crippen MR) is 108 cm³/mol. The van der Waals surface area contributed by atoms with Gasteiger partial charge in [-0.15, -0.1) is 11.3 Å². The lowest BCUT2D eigenvalue weighted by Crippen LogP contribution is -2.20. The highest BCUT2D eigenvalue weighted by Crippen LogP contribution is 2.36. The van der Waals surface area contributed by atoms with E-state index in [0.29, 0.717) is 15.2 Å². The summed E-state index contributed by atoms with van der Waals surface area (Å²) in [4.78, 5) is 18.3. The molecule has 2 heterocycles. The number of aromatic nitrogens is 2. The van der Waals surface area contributed by atoms with Crippen LogP contribution in [0.1, 0.15) is 4.88 Å². The van der Waals surface area contributed by atoms with Crippen LogP contribution < -0.4 is 5.56 Å². The van der Waals surface area contributed by atoms with Crippen molar-refractivity contribution in [2.24, 2.45) is 0 Å². The highest BCUT2D eigenvalue weighted by atomic mass is 35.5. The topological polar surface area (TPSA) is 37.8 Å². The summed E-state index contributed by atoms with van der Waals surface area (Å²) in [5.41, 5.74) is 2.54. The summed E-state index contributed by atoms with van der Waals surface area (Å²) in [6, 6.07) is 17.0. The molecule has 0 saturated carbocycles. The van der Waals surface area contributed by atoms with Gasteiger partial charge in [0.15, 0.2) is 4.77 Å². The summed E-state index contributed by atoms with van der Waals surface area (Å²) in [5.74, 6) is 0. The Hall–Kier alpha value is -2.21. The van der Waals surface area contributed by atoms with E-state index in [2.05, 4.69) is 4.98 Å². The minimum Gasteiger partial charge on any atom is -0.323 e. The maximum atomic E-state index is 13.3. The van der Waals surface area contributed by atoms with Gasteiger partial charge in [-0.1, -0.05) is 41.9 Å². The Morgan fingerprint density at radius 3 is 2.44 bits per heavy atom. The predicted octanol–water partition coefficient (Wildman–Crippen LogP) is 5.74. The van der Waals surface area contributed by atoms with Gasteiger partial charge < -0.3 is 4.98 Å². The van der Waals surface area contributed by atoms with Crippen molar-refractivity contribution in [2.45, 2.75) is 6.92 Å². The molecule has 0 amide bonds. The number of fused-ring (bicyclic) bond motifs is 1. The highest BCUT2D eigenvalue weighted by molar-refractivity contribution is 7.71. The first-order valence-electron chi connectivity index (χ1n) is 7.66. The van der Waals surface area contributed by atoms with Gasteiger partial charge in [0.25, 0.3) is 5.56 Å². The fourth-order valence-electron chi connectivity index (χ4n) is 2.97. The lowest BCUT2D eigenvalue weighted by molar-refractivity contribution is 0.943. The molecule has 0 aliphatic rings. The largest absolute Gasteiger partial charge is 0.323 e. The van der Waals surface area contributed by atoms with Crippen molar-refractivity contribution in [3.63, 3.8) is 0 Å². The van der Waals surface area contributed by atoms with Crippen LogP contribution in [0.4, 0.5) is 0 Å². The lowest BCUT2D eigenvalue weighted by atomic mass is 10.0. The maximum Gasteiger partial charge on any atom is 0.268 e. The van der Waals surface area contributed by atoms with Crippen LogP contribution in [0.5, 0.6) is 0 Å². The number of nitrogens with one attached hydrogen (secondary N) is 1. The molecule has 6 heteroatoms. The molecule has 0 spiro atoms. The average Bonchev–Trinajstić information content (AvgIpc) is 2.93. The van der Waals surface area contributed by atoms with Gasteiger partial charge in [0.05, 0.1) is 11.1 Å². The molecule has 3 nitrogen and oxygen atoms in total. The molecule has 4 rings (SSSR count).